The van der Waals surface area contributed by atoms with Crippen molar-refractivity contribution in [2.75, 3.05) is 6.54 Å². The van der Waals surface area contributed by atoms with Crippen LogP contribution >= 0.6 is 11.6 Å². The van der Waals surface area contributed by atoms with Crippen LogP contribution in [0.5, 0.6) is 0 Å². The monoisotopic (exact) mass is 446 g/mol. The second-order valence-electron chi connectivity index (χ2n) is 7.55. The second-order valence-corrected chi connectivity index (χ2v) is 7.99. The lowest BCUT2D eigenvalue weighted by Gasteiger charge is -2.31. The number of amides is 2. The van der Waals surface area contributed by atoms with Crippen LogP contribution in [0.2, 0.25) is 5.02 Å². The molecular weight excluding hydrogens is 420 g/mol. The Kier molecular flexibility index (Phi) is 8.64. The number of halogens is 1. The van der Waals surface area contributed by atoms with Crippen LogP contribution in [-0.4, -0.2) is 29.3 Å². The number of hydrogen-bond donors (Lipinski definition) is 1. The van der Waals surface area contributed by atoms with Gasteiger partial charge < -0.3 is 10.2 Å². The van der Waals surface area contributed by atoms with Crippen molar-refractivity contribution in [3.8, 4) is 0 Å². The molecule has 0 radical (unpaired) electrons. The number of benzene rings is 3. The lowest BCUT2D eigenvalue weighted by molar-refractivity contribution is -0.140. The molecule has 0 spiro atoms. The minimum Gasteiger partial charge on any atom is -0.351 e. The van der Waals surface area contributed by atoms with Crippen LogP contribution in [-0.2, 0) is 29.0 Å². The third kappa shape index (κ3) is 6.82. The largest absolute Gasteiger partial charge is 0.351 e. The van der Waals surface area contributed by atoms with Gasteiger partial charge in [0.1, 0.15) is 6.04 Å². The zero-order valence-electron chi connectivity index (χ0n) is 17.9. The predicted octanol–water partition coefficient (Wildman–Crippen LogP) is 4.82. The van der Waals surface area contributed by atoms with E-state index in [2.05, 4.69) is 11.9 Å². The molecule has 0 heterocycles. The summed E-state index contributed by atoms with van der Waals surface area (Å²) in [5.41, 5.74) is 2.80. The maximum Gasteiger partial charge on any atom is 0.243 e. The van der Waals surface area contributed by atoms with E-state index in [1.165, 1.54) is 0 Å². The third-order valence-corrected chi connectivity index (χ3v) is 5.41. The zero-order valence-corrected chi connectivity index (χ0v) is 18.7. The Balaban J connectivity index is 1.92. The van der Waals surface area contributed by atoms with Gasteiger partial charge in [0.2, 0.25) is 11.8 Å². The van der Waals surface area contributed by atoms with Crippen molar-refractivity contribution in [3.05, 3.63) is 119 Å². The molecule has 3 aromatic carbocycles. The Morgan fingerprint density at radius 1 is 0.875 bits per heavy atom. The van der Waals surface area contributed by atoms with Crippen LogP contribution in [0.1, 0.15) is 16.7 Å². The highest BCUT2D eigenvalue weighted by atomic mass is 35.5. The molecule has 164 valence electrons. The molecule has 0 aliphatic carbocycles. The summed E-state index contributed by atoms with van der Waals surface area (Å²) >= 11 is 5.99. The minimum atomic E-state index is -0.655. The van der Waals surface area contributed by atoms with E-state index in [9.17, 15) is 9.59 Å². The van der Waals surface area contributed by atoms with E-state index in [1.807, 2.05) is 72.8 Å². The number of carbonyl (C=O) groups is 2. The molecule has 4 nitrogen and oxygen atoms in total. The molecule has 0 saturated heterocycles. The first-order valence-corrected chi connectivity index (χ1v) is 10.9. The normalized spacial score (nSPS) is 11.4. The SMILES string of the molecule is C=CCNC(=O)[C@@H](Cc1ccccc1)N(Cc1ccccc1)C(=O)Cc1ccc(Cl)cc1. The van der Waals surface area contributed by atoms with Gasteiger partial charge in [-0.1, -0.05) is 90.5 Å². The third-order valence-electron chi connectivity index (χ3n) is 5.16. The standard InChI is InChI=1S/C27H27ClN2O2/c1-2-17-29-27(32)25(18-21-9-5-3-6-10-21)30(20-23-11-7-4-8-12-23)26(31)19-22-13-15-24(28)16-14-22/h2-16,25H,1,17-20H2,(H,29,32)/t25-/m1/s1. The molecule has 3 aromatic rings. The van der Waals surface area contributed by atoms with Crippen molar-refractivity contribution in [3.63, 3.8) is 0 Å². The van der Waals surface area contributed by atoms with Crippen molar-refractivity contribution >= 4 is 23.4 Å². The number of nitrogens with zero attached hydrogens (tertiary/aromatic N) is 1. The molecular formula is C27H27ClN2O2. The molecule has 2 amide bonds. The highest BCUT2D eigenvalue weighted by Crippen LogP contribution is 2.17. The topological polar surface area (TPSA) is 49.4 Å². The van der Waals surface area contributed by atoms with E-state index in [0.717, 1.165) is 16.7 Å². The molecule has 1 atom stereocenters. The Morgan fingerprint density at radius 2 is 1.47 bits per heavy atom. The Morgan fingerprint density at radius 3 is 2.06 bits per heavy atom. The molecule has 0 aromatic heterocycles. The van der Waals surface area contributed by atoms with E-state index in [1.54, 1.807) is 23.1 Å². The maximum atomic E-state index is 13.5. The Bertz CT molecular complexity index is 1020. The minimum absolute atomic E-state index is 0.120. The van der Waals surface area contributed by atoms with Gasteiger partial charge in [0.05, 0.1) is 6.42 Å². The van der Waals surface area contributed by atoms with E-state index in [0.29, 0.717) is 24.5 Å². The van der Waals surface area contributed by atoms with Gasteiger partial charge in [0.25, 0.3) is 0 Å². The van der Waals surface area contributed by atoms with Crippen molar-refractivity contribution in [2.45, 2.75) is 25.4 Å². The fourth-order valence-electron chi connectivity index (χ4n) is 3.50. The van der Waals surface area contributed by atoms with E-state index >= 15 is 0 Å². The highest BCUT2D eigenvalue weighted by Gasteiger charge is 2.30. The lowest BCUT2D eigenvalue weighted by atomic mass is 10.0. The van der Waals surface area contributed by atoms with E-state index < -0.39 is 6.04 Å². The molecule has 0 bridgehead atoms. The van der Waals surface area contributed by atoms with Crippen molar-refractivity contribution in [1.82, 2.24) is 10.2 Å². The fraction of sp³-hybridized carbons (Fsp3) is 0.185. The molecule has 0 aliphatic rings. The summed E-state index contributed by atoms with van der Waals surface area (Å²) in [6.45, 7) is 4.36. The molecule has 3 rings (SSSR count). The van der Waals surface area contributed by atoms with Crippen molar-refractivity contribution in [2.24, 2.45) is 0 Å². The van der Waals surface area contributed by atoms with E-state index in [4.69, 9.17) is 11.6 Å². The number of rotatable bonds is 10. The van der Waals surface area contributed by atoms with Crippen molar-refractivity contribution in [1.29, 1.82) is 0 Å². The zero-order chi connectivity index (χ0) is 22.8. The second kappa shape index (κ2) is 11.9. The summed E-state index contributed by atoms with van der Waals surface area (Å²) in [6, 6.07) is 26.0. The van der Waals surface area contributed by atoms with Gasteiger partial charge in [-0.2, -0.15) is 0 Å². The van der Waals surface area contributed by atoms with Crippen LogP contribution < -0.4 is 5.32 Å². The van der Waals surface area contributed by atoms with E-state index in [-0.39, 0.29) is 18.2 Å². The fourth-order valence-corrected chi connectivity index (χ4v) is 3.63. The summed E-state index contributed by atoms with van der Waals surface area (Å²) < 4.78 is 0. The van der Waals surface area contributed by atoms with Gasteiger partial charge in [-0.25, -0.2) is 0 Å². The van der Waals surface area contributed by atoms with Gasteiger partial charge in [-0.15, -0.1) is 6.58 Å². The quantitative estimate of drug-likeness (QED) is 0.454. The summed E-state index contributed by atoms with van der Waals surface area (Å²) in [7, 11) is 0. The van der Waals surface area contributed by atoms with Crippen LogP contribution in [0, 0.1) is 0 Å². The first-order valence-electron chi connectivity index (χ1n) is 10.6. The van der Waals surface area contributed by atoms with Gasteiger partial charge in [0, 0.05) is 24.5 Å². The molecule has 1 N–H and O–H groups in total. The van der Waals surface area contributed by atoms with Crippen molar-refractivity contribution < 1.29 is 9.59 Å². The first-order chi connectivity index (χ1) is 15.6. The van der Waals surface area contributed by atoms with Gasteiger partial charge in [-0.05, 0) is 28.8 Å². The Hall–Kier alpha value is -3.37. The molecule has 5 heteroatoms. The summed E-state index contributed by atoms with van der Waals surface area (Å²) in [4.78, 5) is 28.4. The average molecular weight is 447 g/mol. The van der Waals surface area contributed by atoms with Gasteiger partial charge >= 0.3 is 0 Å². The lowest BCUT2D eigenvalue weighted by Crippen LogP contribution is -2.51. The average Bonchev–Trinajstić information content (AvgIpc) is 2.82. The summed E-state index contributed by atoms with van der Waals surface area (Å²) in [6.07, 6.45) is 2.24. The summed E-state index contributed by atoms with van der Waals surface area (Å²) in [5, 5.41) is 3.50. The van der Waals surface area contributed by atoms with Gasteiger partial charge in [0.15, 0.2) is 0 Å². The highest BCUT2D eigenvalue weighted by molar-refractivity contribution is 6.30. The van der Waals surface area contributed by atoms with Crippen LogP contribution in [0.25, 0.3) is 0 Å². The predicted molar refractivity (Wildman–Crippen MR) is 129 cm³/mol. The number of nitrogens with one attached hydrogen (secondary N) is 1. The molecule has 32 heavy (non-hydrogen) atoms. The van der Waals surface area contributed by atoms with Crippen LogP contribution in [0.3, 0.4) is 0 Å². The Labute approximate surface area is 194 Å². The molecule has 0 aliphatic heterocycles. The maximum absolute atomic E-state index is 13.5. The molecule has 0 unspecified atom stereocenters. The molecule has 0 fully saturated rings. The van der Waals surface area contributed by atoms with Crippen LogP contribution in [0.15, 0.2) is 97.6 Å². The summed E-state index contributed by atoms with van der Waals surface area (Å²) in [5.74, 6) is -0.319. The number of hydrogen-bond acceptors (Lipinski definition) is 2. The first kappa shape index (κ1) is 23.3. The number of carbonyl (C=O) groups excluding carboxylic acids is 2. The van der Waals surface area contributed by atoms with Crippen LogP contribution in [0.4, 0.5) is 0 Å². The smallest absolute Gasteiger partial charge is 0.243 e. The van der Waals surface area contributed by atoms with Gasteiger partial charge in [-0.3, -0.25) is 9.59 Å². The molecule has 0 saturated carbocycles.